The Morgan fingerprint density at radius 3 is 2.67 bits per heavy atom. The predicted molar refractivity (Wildman–Crippen MR) is 64.8 cm³/mol. The van der Waals surface area contributed by atoms with E-state index in [1.165, 1.54) is 6.33 Å². The lowest BCUT2D eigenvalue weighted by atomic mass is 9.96. The van der Waals surface area contributed by atoms with E-state index < -0.39 is 17.9 Å². The van der Waals surface area contributed by atoms with Crippen molar-refractivity contribution in [3.05, 3.63) is 18.2 Å². The van der Waals surface area contributed by atoms with Crippen LogP contribution in [0.1, 0.15) is 19.5 Å². The summed E-state index contributed by atoms with van der Waals surface area (Å²) in [4.78, 5) is 29.0. The molecule has 0 bridgehead atoms. The van der Waals surface area contributed by atoms with Gasteiger partial charge in [0, 0.05) is 12.7 Å². The summed E-state index contributed by atoms with van der Waals surface area (Å²) >= 11 is 0. The minimum atomic E-state index is -0.904. The molecular formula is C11H18N4O3. The van der Waals surface area contributed by atoms with Gasteiger partial charge in [-0.25, -0.2) is 9.78 Å². The van der Waals surface area contributed by atoms with E-state index in [-0.39, 0.29) is 12.5 Å². The first-order valence-electron chi connectivity index (χ1n) is 5.72. The molecule has 1 rings (SSSR count). The number of hydrogen-bond donors (Lipinski definition) is 4. The van der Waals surface area contributed by atoms with Crippen LogP contribution in [0.15, 0.2) is 12.5 Å². The van der Waals surface area contributed by atoms with Gasteiger partial charge in [-0.1, -0.05) is 13.8 Å². The lowest BCUT2D eigenvalue weighted by Crippen LogP contribution is -2.41. The molecule has 0 fully saturated rings. The van der Waals surface area contributed by atoms with Gasteiger partial charge in [0.05, 0.1) is 24.5 Å². The fourth-order valence-electron chi connectivity index (χ4n) is 1.43. The normalized spacial score (nSPS) is 12.2. The number of nitrogens with zero attached hydrogens (tertiary/aromatic N) is 1. The van der Waals surface area contributed by atoms with E-state index in [4.69, 9.17) is 5.11 Å². The molecule has 0 radical (unpaired) electrons. The lowest BCUT2D eigenvalue weighted by Gasteiger charge is -2.16. The molecule has 7 heteroatoms. The van der Waals surface area contributed by atoms with Gasteiger partial charge in [0.25, 0.3) is 0 Å². The van der Waals surface area contributed by atoms with Crippen LogP contribution in [0, 0.1) is 11.8 Å². The number of aromatic nitrogens is 2. The maximum atomic E-state index is 11.4. The van der Waals surface area contributed by atoms with Crippen LogP contribution in [0.3, 0.4) is 0 Å². The number of nitrogens with one attached hydrogen (secondary N) is 3. The summed E-state index contributed by atoms with van der Waals surface area (Å²) in [5, 5.41) is 14.1. The smallest absolute Gasteiger partial charge is 0.315 e. The van der Waals surface area contributed by atoms with Crippen molar-refractivity contribution in [3.8, 4) is 0 Å². The second-order valence-electron chi connectivity index (χ2n) is 4.33. The summed E-state index contributed by atoms with van der Waals surface area (Å²) in [5.41, 5.74) is 0.781. The summed E-state index contributed by atoms with van der Waals surface area (Å²) in [6.07, 6.45) is 3.13. The first kappa shape index (κ1) is 14.0. The van der Waals surface area contributed by atoms with Crippen molar-refractivity contribution < 1.29 is 14.7 Å². The third-order valence-electron chi connectivity index (χ3n) is 2.60. The van der Waals surface area contributed by atoms with Crippen LogP contribution in [0.2, 0.25) is 0 Å². The second-order valence-corrected chi connectivity index (χ2v) is 4.33. The number of hydrogen-bond acceptors (Lipinski definition) is 3. The van der Waals surface area contributed by atoms with Gasteiger partial charge in [-0.05, 0) is 5.92 Å². The van der Waals surface area contributed by atoms with Gasteiger partial charge < -0.3 is 20.7 Å². The number of aliphatic carboxylic acids is 1. The van der Waals surface area contributed by atoms with Crippen molar-refractivity contribution in [2.24, 2.45) is 11.8 Å². The minimum Gasteiger partial charge on any atom is -0.481 e. The number of imidazole rings is 1. The Hall–Kier alpha value is -2.05. The Bertz CT molecular complexity index is 389. The van der Waals surface area contributed by atoms with Gasteiger partial charge >= 0.3 is 12.0 Å². The molecule has 18 heavy (non-hydrogen) atoms. The van der Waals surface area contributed by atoms with Gasteiger partial charge in [0.2, 0.25) is 0 Å². The first-order chi connectivity index (χ1) is 8.50. The number of carboxylic acids is 1. The topological polar surface area (TPSA) is 107 Å². The molecule has 4 N–H and O–H groups in total. The zero-order valence-corrected chi connectivity index (χ0v) is 10.4. The maximum absolute atomic E-state index is 11.4. The monoisotopic (exact) mass is 254 g/mol. The molecule has 1 heterocycles. The van der Waals surface area contributed by atoms with Crippen LogP contribution in [-0.2, 0) is 11.3 Å². The molecule has 100 valence electrons. The minimum absolute atomic E-state index is 0.0320. The van der Waals surface area contributed by atoms with Gasteiger partial charge in [-0.15, -0.1) is 0 Å². The van der Waals surface area contributed by atoms with Crippen LogP contribution < -0.4 is 10.6 Å². The van der Waals surface area contributed by atoms with Gasteiger partial charge in [0.1, 0.15) is 0 Å². The molecule has 1 aromatic heterocycles. The predicted octanol–water partition coefficient (Wildman–Crippen LogP) is 0.566. The Kier molecular flexibility index (Phi) is 5.16. The van der Waals surface area contributed by atoms with E-state index in [9.17, 15) is 9.59 Å². The molecule has 0 aromatic carbocycles. The van der Waals surface area contributed by atoms with Crippen molar-refractivity contribution >= 4 is 12.0 Å². The van der Waals surface area contributed by atoms with E-state index in [2.05, 4.69) is 20.6 Å². The third kappa shape index (κ3) is 4.44. The Morgan fingerprint density at radius 2 is 2.17 bits per heavy atom. The fraction of sp³-hybridized carbons (Fsp3) is 0.545. The van der Waals surface area contributed by atoms with Gasteiger partial charge in [-0.2, -0.15) is 0 Å². The highest BCUT2D eigenvalue weighted by atomic mass is 16.4. The number of carbonyl (C=O) groups excluding carboxylic acids is 1. The molecule has 0 saturated carbocycles. The standard InChI is InChI=1S/C11H18N4O3/c1-7(2)9(10(16)17)5-14-11(18)13-4-8-3-12-6-15-8/h3,6-7,9H,4-5H2,1-2H3,(H,12,15)(H,16,17)(H2,13,14,18). The Balaban J connectivity index is 2.29. The fourth-order valence-corrected chi connectivity index (χ4v) is 1.43. The summed E-state index contributed by atoms with van der Waals surface area (Å²) in [5.74, 6) is -1.52. The number of rotatable bonds is 6. The van der Waals surface area contributed by atoms with Crippen LogP contribution >= 0.6 is 0 Å². The summed E-state index contributed by atoms with van der Waals surface area (Å²) in [6.45, 7) is 4.05. The van der Waals surface area contributed by atoms with Gasteiger partial charge in [0.15, 0.2) is 0 Å². The van der Waals surface area contributed by atoms with Crippen LogP contribution in [0.5, 0.6) is 0 Å². The number of amides is 2. The zero-order valence-electron chi connectivity index (χ0n) is 10.4. The molecule has 7 nitrogen and oxygen atoms in total. The highest BCUT2D eigenvalue weighted by Crippen LogP contribution is 2.09. The average Bonchev–Trinajstić information content (AvgIpc) is 2.78. The zero-order chi connectivity index (χ0) is 13.5. The summed E-state index contributed by atoms with van der Waals surface area (Å²) in [7, 11) is 0. The van der Waals surface area contributed by atoms with Crippen molar-refractivity contribution in [2.75, 3.05) is 6.54 Å². The van der Waals surface area contributed by atoms with Crippen LogP contribution in [0.25, 0.3) is 0 Å². The number of carboxylic acid groups (broad SMARTS) is 1. The number of H-pyrrole nitrogens is 1. The summed E-state index contributed by atoms with van der Waals surface area (Å²) in [6, 6.07) is -0.392. The molecule has 1 aromatic rings. The molecule has 0 spiro atoms. The maximum Gasteiger partial charge on any atom is 0.315 e. The van der Waals surface area contributed by atoms with E-state index in [1.54, 1.807) is 6.20 Å². The highest BCUT2D eigenvalue weighted by molar-refractivity contribution is 5.75. The van der Waals surface area contributed by atoms with Crippen LogP contribution in [-0.4, -0.2) is 33.6 Å². The summed E-state index contributed by atoms with van der Waals surface area (Å²) < 4.78 is 0. The van der Waals surface area contributed by atoms with Crippen molar-refractivity contribution in [1.29, 1.82) is 0 Å². The largest absolute Gasteiger partial charge is 0.481 e. The number of carbonyl (C=O) groups is 2. The Morgan fingerprint density at radius 1 is 1.44 bits per heavy atom. The first-order valence-corrected chi connectivity index (χ1v) is 5.72. The lowest BCUT2D eigenvalue weighted by molar-refractivity contribution is -0.142. The molecule has 0 aliphatic heterocycles. The molecule has 0 aliphatic carbocycles. The van der Waals surface area contributed by atoms with E-state index in [0.29, 0.717) is 6.54 Å². The third-order valence-corrected chi connectivity index (χ3v) is 2.60. The van der Waals surface area contributed by atoms with Crippen molar-refractivity contribution in [1.82, 2.24) is 20.6 Å². The van der Waals surface area contributed by atoms with Crippen LogP contribution in [0.4, 0.5) is 4.79 Å². The molecule has 1 atom stereocenters. The quantitative estimate of drug-likeness (QED) is 0.595. The second kappa shape index (κ2) is 6.63. The van der Waals surface area contributed by atoms with E-state index in [0.717, 1.165) is 5.69 Å². The molecule has 0 aliphatic rings. The Labute approximate surface area is 105 Å². The van der Waals surface area contributed by atoms with Crippen molar-refractivity contribution in [3.63, 3.8) is 0 Å². The molecular weight excluding hydrogens is 236 g/mol. The van der Waals surface area contributed by atoms with Crippen molar-refractivity contribution in [2.45, 2.75) is 20.4 Å². The molecule has 2 amide bonds. The SMILES string of the molecule is CC(C)C(CNC(=O)NCc1cnc[nH]1)C(=O)O. The van der Waals surface area contributed by atoms with E-state index in [1.807, 2.05) is 13.8 Å². The molecule has 1 unspecified atom stereocenters. The number of urea groups is 1. The van der Waals surface area contributed by atoms with E-state index >= 15 is 0 Å². The number of aromatic amines is 1. The molecule has 0 saturated heterocycles. The van der Waals surface area contributed by atoms with Gasteiger partial charge in [-0.3, -0.25) is 4.79 Å². The average molecular weight is 254 g/mol. The highest BCUT2D eigenvalue weighted by Gasteiger charge is 2.21.